The highest BCUT2D eigenvalue weighted by molar-refractivity contribution is 5.93. The van der Waals surface area contributed by atoms with E-state index in [0.29, 0.717) is 5.69 Å². The molecule has 0 unspecified atom stereocenters. The van der Waals surface area contributed by atoms with Gasteiger partial charge in [0.2, 0.25) is 0 Å². The summed E-state index contributed by atoms with van der Waals surface area (Å²) in [5.41, 5.74) is 5.57. The standard InChI is InChI=1S/C21H28N4O/c1-15(2)23-21(26)19-14-18(8-9-22-19)24-10-12-25(13-11-24)20-7-5-6-16(3)17(20)4/h5-9,14-15H,10-13H2,1-4H3,(H,23,26). The van der Waals surface area contributed by atoms with Gasteiger partial charge in [0.1, 0.15) is 5.69 Å². The van der Waals surface area contributed by atoms with Gasteiger partial charge in [-0.3, -0.25) is 9.78 Å². The molecular weight excluding hydrogens is 324 g/mol. The highest BCUT2D eigenvalue weighted by atomic mass is 16.1. The van der Waals surface area contributed by atoms with Crippen LogP contribution in [0.25, 0.3) is 0 Å². The molecule has 1 amide bonds. The molecule has 0 saturated carbocycles. The molecule has 0 atom stereocenters. The van der Waals surface area contributed by atoms with E-state index in [1.54, 1.807) is 6.20 Å². The number of rotatable bonds is 4. The van der Waals surface area contributed by atoms with Crippen LogP contribution in [-0.2, 0) is 0 Å². The molecule has 1 aliphatic rings. The minimum atomic E-state index is -0.115. The lowest BCUT2D eigenvalue weighted by molar-refractivity contribution is 0.0938. The maximum Gasteiger partial charge on any atom is 0.270 e. The summed E-state index contributed by atoms with van der Waals surface area (Å²) in [5.74, 6) is -0.115. The number of benzene rings is 1. The molecule has 138 valence electrons. The topological polar surface area (TPSA) is 48.5 Å². The van der Waals surface area contributed by atoms with Gasteiger partial charge in [0.25, 0.3) is 5.91 Å². The normalized spacial score (nSPS) is 14.7. The number of piperazine rings is 1. The van der Waals surface area contributed by atoms with E-state index in [9.17, 15) is 4.79 Å². The summed E-state index contributed by atoms with van der Waals surface area (Å²) in [6, 6.07) is 10.5. The number of nitrogens with one attached hydrogen (secondary N) is 1. The SMILES string of the molecule is Cc1cccc(N2CCN(c3ccnc(C(=O)NC(C)C)c3)CC2)c1C. The van der Waals surface area contributed by atoms with Gasteiger partial charge in [-0.25, -0.2) is 0 Å². The molecule has 2 heterocycles. The highest BCUT2D eigenvalue weighted by Gasteiger charge is 2.20. The summed E-state index contributed by atoms with van der Waals surface area (Å²) in [6.07, 6.45) is 1.72. The summed E-state index contributed by atoms with van der Waals surface area (Å²) in [7, 11) is 0. The predicted octanol–water partition coefficient (Wildman–Crippen LogP) is 3.16. The minimum absolute atomic E-state index is 0.106. The average Bonchev–Trinajstić information content (AvgIpc) is 2.64. The van der Waals surface area contributed by atoms with Crippen molar-refractivity contribution in [2.75, 3.05) is 36.0 Å². The van der Waals surface area contributed by atoms with Gasteiger partial charge in [-0.2, -0.15) is 0 Å². The van der Waals surface area contributed by atoms with Crippen LogP contribution in [0.5, 0.6) is 0 Å². The van der Waals surface area contributed by atoms with Crippen LogP contribution in [0, 0.1) is 13.8 Å². The Morgan fingerprint density at radius 2 is 1.77 bits per heavy atom. The second kappa shape index (κ2) is 7.77. The van der Waals surface area contributed by atoms with E-state index >= 15 is 0 Å². The molecule has 26 heavy (non-hydrogen) atoms. The Morgan fingerprint density at radius 1 is 1.08 bits per heavy atom. The lowest BCUT2D eigenvalue weighted by atomic mass is 10.1. The minimum Gasteiger partial charge on any atom is -0.368 e. The van der Waals surface area contributed by atoms with Crippen LogP contribution >= 0.6 is 0 Å². The van der Waals surface area contributed by atoms with Crippen LogP contribution in [0.1, 0.15) is 35.5 Å². The zero-order chi connectivity index (χ0) is 18.7. The molecule has 1 aromatic carbocycles. The third-order valence-electron chi connectivity index (χ3n) is 4.96. The van der Waals surface area contributed by atoms with Crippen molar-refractivity contribution in [3.05, 3.63) is 53.3 Å². The van der Waals surface area contributed by atoms with E-state index < -0.39 is 0 Å². The molecule has 2 aromatic rings. The van der Waals surface area contributed by atoms with Gasteiger partial charge in [-0.15, -0.1) is 0 Å². The number of hydrogen-bond acceptors (Lipinski definition) is 4. The van der Waals surface area contributed by atoms with Crippen LogP contribution in [0.2, 0.25) is 0 Å². The Morgan fingerprint density at radius 3 is 2.46 bits per heavy atom. The number of amides is 1. The molecule has 0 aliphatic carbocycles. The van der Waals surface area contributed by atoms with E-state index in [0.717, 1.165) is 31.9 Å². The number of carbonyl (C=O) groups is 1. The monoisotopic (exact) mass is 352 g/mol. The van der Waals surface area contributed by atoms with Crippen LogP contribution < -0.4 is 15.1 Å². The van der Waals surface area contributed by atoms with Gasteiger partial charge in [-0.1, -0.05) is 12.1 Å². The number of pyridine rings is 1. The Kier molecular flexibility index (Phi) is 5.45. The van der Waals surface area contributed by atoms with Crippen molar-refractivity contribution in [3.8, 4) is 0 Å². The van der Waals surface area contributed by atoms with Crippen molar-refractivity contribution in [2.45, 2.75) is 33.7 Å². The van der Waals surface area contributed by atoms with E-state index in [2.05, 4.69) is 52.1 Å². The van der Waals surface area contributed by atoms with Crippen molar-refractivity contribution in [1.82, 2.24) is 10.3 Å². The lowest BCUT2D eigenvalue weighted by Crippen LogP contribution is -2.46. The Labute approximate surface area is 156 Å². The molecular formula is C21H28N4O. The van der Waals surface area contributed by atoms with Crippen molar-refractivity contribution in [3.63, 3.8) is 0 Å². The first kappa shape index (κ1) is 18.2. The zero-order valence-corrected chi connectivity index (χ0v) is 16.1. The predicted molar refractivity (Wildman–Crippen MR) is 107 cm³/mol. The largest absolute Gasteiger partial charge is 0.368 e. The molecule has 5 nitrogen and oxygen atoms in total. The maximum atomic E-state index is 12.2. The molecule has 0 spiro atoms. The molecule has 5 heteroatoms. The average molecular weight is 352 g/mol. The van der Waals surface area contributed by atoms with Gasteiger partial charge < -0.3 is 15.1 Å². The number of aromatic nitrogens is 1. The van der Waals surface area contributed by atoms with Gasteiger partial charge in [-0.05, 0) is 57.0 Å². The highest BCUT2D eigenvalue weighted by Crippen LogP contribution is 2.25. The first-order valence-corrected chi connectivity index (χ1v) is 9.28. The second-order valence-electron chi connectivity index (χ2n) is 7.22. The molecule has 1 fully saturated rings. The third kappa shape index (κ3) is 3.98. The molecule has 3 rings (SSSR count). The lowest BCUT2D eigenvalue weighted by Gasteiger charge is -2.38. The Bertz CT molecular complexity index is 779. The molecule has 1 N–H and O–H groups in total. The number of hydrogen-bond donors (Lipinski definition) is 1. The molecule has 0 radical (unpaired) electrons. The fourth-order valence-corrected chi connectivity index (χ4v) is 3.36. The molecule has 1 saturated heterocycles. The first-order valence-electron chi connectivity index (χ1n) is 9.28. The van der Waals surface area contributed by atoms with Crippen molar-refractivity contribution < 1.29 is 4.79 Å². The van der Waals surface area contributed by atoms with E-state index in [1.165, 1.54) is 16.8 Å². The van der Waals surface area contributed by atoms with Crippen molar-refractivity contribution in [2.24, 2.45) is 0 Å². The zero-order valence-electron chi connectivity index (χ0n) is 16.1. The summed E-state index contributed by atoms with van der Waals surface area (Å²) >= 11 is 0. The maximum absolute atomic E-state index is 12.2. The number of aryl methyl sites for hydroxylation is 1. The van der Waals surface area contributed by atoms with E-state index in [4.69, 9.17) is 0 Å². The van der Waals surface area contributed by atoms with Gasteiger partial charge >= 0.3 is 0 Å². The van der Waals surface area contributed by atoms with Gasteiger partial charge in [0, 0.05) is 49.8 Å². The van der Waals surface area contributed by atoms with Crippen molar-refractivity contribution in [1.29, 1.82) is 0 Å². The van der Waals surface area contributed by atoms with E-state index in [1.807, 2.05) is 26.0 Å². The fourth-order valence-electron chi connectivity index (χ4n) is 3.36. The number of carbonyl (C=O) groups excluding carboxylic acids is 1. The van der Waals surface area contributed by atoms with Crippen molar-refractivity contribution >= 4 is 17.3 Å². The quantitative estimate of drug-likeness (QED) is 0.918. The molecule has 1 aromatic heterocycles. The number of anilines is 2. The van der Waals surface area contributed by atoms with Crippen LogP contribution in [0.4, 0.5) is 11.4 Å². The summed E-state index contributed by atoms with van der Waals surface area (Å²) in [6.45, 7) is 12.1. The van der Waals surface area contributed by atoms with Gasteiger partial charge in [0.05, 0.1) is 0 Å². The van der Waals surface area contributed by atoms with Gasteiger partial charge in [0.15, 0.2) is 0 Å². The molecule has 1 aliphatic heterocycles. The Hall–Kier alpha value is -2.56. The third-order valence-corrected chi connectivity index (χ3v) is 4.96. The Balaban J connectivity index is 1.68. The van der Waals surface area contributed by atoms with E-state index in [-0.39, 0.29) is 11.9 Å². The smallest absolute Gasteiger partial charge is 0.270 e. The second-order valence-corrected chi connectivity index (χ2v) is 7.22. The fraction of sp³-hybridized carbons (Fsp3) is 0.429. The van der Waals surface area contributed by atoms with Crippen LogP contribution in [0.15, 0.2) is 36.5 Å². The van der Waals surface area contributed by atoms with Crippen LogP contribution in [-0.4, -0.2) is 43.1 Å². The summed E-state index contributed by atoms with van der Waals surface area (Å²) in [4.78, 5) is 21.2. The van der Waals surface area contributed by atoms with Crippen LogP contribution in [0.3, 0.4) is 0 Å². The first-order chi connectivity index (χ1) is 12.5. The molecule has 0 bridgehead atoms. The summed E-state index contributed by atoms with van der Waals surface area (Å²) in [5, 5.41) is 2.90. The summed E-state index contributed by atoms with van der Waals surface area (Å²) < 4.78 is 0. The number of nitrogens with zero attached hydrogens (tertiary/aromatic N) is 3.